The molecule has 1 saturated heterocycles. The Bertz CT molecular complexity index is 586. The van der Waals surface area contributed by atoms with Crippen LogP contribution in [0.3, 0.4) is 0 Å². The van der Waals surface area contributed by atoms with Crippen molar-refractivity contribution in [3.8, 4) is 0 Å². The van der Waals surface area contributed by atoms with Crippen LogP contribution in [0.25, 0.3) is 0 Å². The van der Waals surface area contributed by atoms with Gasteiger partial charge in [0.1, 0.15) is 0 Å². The van der Waals surface area contributed by atoms with Crippen molar-refractivity contribution in [3.05, 3.63) is 38.8 Å². The quantitative estimate of drug-likeness (QED) is 0.916. The van der Waals surface area contributed by atoms with E-state index in [1.54, 1.807) is 6.20 Å². The van der Waals surface area contributed by atoms with E-state index in [4.69, 9.17) is 0 Å². The van der Waals surface area contributed by atoms with Crippen molar-refractivity contribution >= 4 is 33.2 Å². The molecule has 2 aromatic heterocycles. The molecule has 20 heavy (non-hydrogen) atoms. The number of nitrogens with zero attached hydrogens (tertiary/aromatic N) is 3. The average Bonchev–Trinajstić information content (AvgIpc) is 3.00. The number of likely N-dealkylation sites (tertiary alicyclic amines) is 1. The first kappa shape index (κ1) is 14.0. The first-order valence-corrected chi connectivity index (χ1v) is 8.38. The van der Waals surface area contributed by atoms with Crippen molar-refractivity contribution in [1.29, 1.82) is 0 Å². The van der Waals surface area contributed by atoms with Gasteiger partial charge >= 0.3 is 0 Å². The van der Waals surface area contributed by atoms with Gasteiger partial charge in [0.25, 0.3) is 0 Å². The zero-order chi connectivity index (χ0) is 13.9. The highest BCUT2D eigenvalue weighted by Crippen LogP contribution is 2.23. The average molecular weight is 353 g/mol. The number of rotatable bonds is 4. The predicted octanol–water partition coefficient (Wildman–Crippen LogP) is 3.30. The van der Waals surface area contributed by atoms with Crippen LogP contribution in [0.1, 0.15) is 17.0 Å². The van der Waals surface area contributed by atoms with E-state index in [-0.39, 0.29) is 0 Å². The van der Waals surface area contributed by atoms with Crippen LogP contribution in [0, 0.1) is 6.92 Å². The largest absolute Gasteiger partial charge is 0.350 e. The molecule has 1 fully saturated rings. The summed E-state index contributed by atoms with van der Waals surface area (Å²) in [6.45, 7) is 5.19. The fourth-order valence-electron chi connectivity index (χ4n) is 2.45. The summed E-state index contributed by atoms with van der Waals surface area (Å²) in [5, 5.41) is 5.57. The highest BCUT2D eigenvalue weighted by atomic mass is 79.9. The SMILES string of the molecule is Cc1ccnc(NC2CCN(Cc3cc(Br)cs3)C2)n1. The summed E-state index contributed by atoms with van der Waals surface area (Å²) >= 11 is 5.32. The van der Waals surface area contributed by atoms with Crippen molar-refractivity contribution in [3.63, 3.8) is 0 Å². The minimum atomic E-state index is 0.445. The molecule has 0 saturated carbocycles. The van der Waals surface area contributed by atoms with E-state index in [0.29, 0.717) is 6.04 Å². The van der Waals surface area contributed by atoms with Gasteiger partial charge < -0.3 is 5.32 Å². The molecule has 1 unspecified atom stereocenters. The molecule has 4 nitrogen and oxygen atoms in total. The van der Waals surface area contributed by atoms with E-state index in [1.807, 2.05) is 24.3 Å². The summed E-state index contributed by atoms with van der Waals surface area (Å²) < 4.78 is 1.18. The van der Waals surface area contributed by atoms with Gasteiger partial charge in [-0.2, -0.15) is 0 Å². The second kappa shape index (κ2) is 6.20. The Labute approximate surface area is 131 Å². The van der Waals surface area contributed by atoms with Crippen molar-refractivity contribution in [1.82, 2.24) is 14.9 Å². The molecular formula is C14H17BrN4S. The Balaban J connectivity index is 1.54. The zero-order valence-corrected chi connectivity index (χ0v) is 13.7. The minimum absolute atomic E-state index is 0.445. The van der Waals surface area contributed by atoms with E-state index in [1.165, 1.54) is 9.35 Å². The van der Waals surface area contributed by atoms with Gasteiger partial charge in [-0.1, -0.05) is 0 Å². The number of hydrogen-bond acceptors (Lipinski definition) is 5. The molecule has 0 aliphatic carbocycles. The second-order valence-electron chi connectivity index (χ2n) is 5.12. The van der Waals surface area contributed by atoms with Gasteiger partial charge in [0.05, 0.1) is 0 Å². The Kier molecular flexibility index (Phi) is 4.33. The summed E-state index contributed by atoms with van der Waals surface area (Å²) in [6, 6.07) is 4.57. The van der Waals surface area contributed by atoms with Crippen LogP contribution in [-0.4, -0.2) is 34.0 Å². The molecule has 3 rings (SSSR count). The number of anilines is 1. The number of hydrogen-bond donors (Lipinski definition) is 1. The smallest absolute Gasteiger partial charge is 0.223 e. The Morgan fingerprint density at radius 3 is 3.20 bits per heavy atom. The molecule has 0 aromatic carbocycles. The van der Waals surface area contributed by atoms with E-state index >= 15 is 0 Å². The van der Waals surface area contributed by atoms with E-state index in [2.05, 4.69) is 47.6 Å². The molecule has 0 radical (unpaired) electrons. The van der Waals surface area contributed by atoms with Gasteiger partial charge in [-0.3, -0.25) is 4.90 Å². The first-order valence-electron chi connectivity index (χ1n) is 6.70. The Morgan fingerprint density at radius 2 is 2.45 bits per heavy atom. The molecular weight excluding hydrogens is 336 g/mol. The van der Waals surface area contributed by atoms with Gasteiger partial charge in [0.2, 0.25) is 5.95 Å². The fraction of sp³-hybridized carbons (Fsp3) is 0.429. The van der Waals surface area contributed by atoms with Gasteiger partial charge in [-0.15, -0.1) is 11.3 Å². The summed E-state index contributed by atoms with van der Waals surface area (Å²) in [5.74, 6) is 0.746. The summed E-state index contributed by atoms with van der Waals surface area (Å²) in [4.78, 5) is 12.6. The molecule has 3 heterocycles. The van der Waals surface area contributed by atoms with Crippen molar-refractivity contribution in [2.75, 3.05) is 18.4 Å². The summed E-state index contributed by atoms with van der Waals surface area (Å²) in [7, 11) is 0. The molecule has 1 atom stereocenters. The van der Waals surface area contributed by atoms with Crippen LogP contribution in [0.15, 0.2) is 28.2 Å². The topological polar surface area (TPSA) is 41.1 Å². The lowest BCUT2D eigenvalue weighted by Crippen LogP contribution is -2.26. The van der Waals surface area contributed by atoms with E-state index in [0.717, 1.165) is 37.7 Å². The number of aromatic nitrogens is 2. The maximum absolute atomic E-state index is 4.40. The highest BCUT2D eigenvalue weighted by Gasteiger charge is 2.23. The van der Waals surface area contributed by atoms with Crippen LogP contribution < -0.4 is 5.32 Å². The molecule has 2 aromatic rings. The van der Waals surface area contributed by atoms with Crippen LogP contribution in [0.4, 0.5) is 5.95 Å². The Morgan fingerprint density at radius 1 is 1.55 bits per heavy atom. The molecule has 1 N–H and O–H groups in total. The summed E-state index contributed by atoms with van der Waals surface area (Å²) in [5.41, 5.74) is 1.00. The third-order valence-corrected chi connectivity index (χ3v) is 5.08. The van der Waals surface area contributed by atoms with Gasteiger partial charge in [0.15, 0.2) is 0 Å². The second-order valence-corrected chi connectivity index (χ2v) is 7.03. The third kappa shape index (κ3) is 3.56. The predicted molar refractivity (Wildman–Crippen MR) is 86.1 cm³/mol. The molecule has 1 aliphatic heterocycles. The molecule has 0 bridgehead atoms. The van der Waals surface area contributed by atoms with Crippen LogP contribution in [0.5, 0.6) is 0 Å². The van der Waals surface area contributed by atoms with Crippen molar-refractivity contribution in [2.45, 2.75) is 25.9 Å². The lowest BCUT2D eigenvalue weighted by atomic mass is 10.3. The van der Waals surface area contributed by atoms with Gasteiger partial charge in [0, 0.05) is 52.3 Å². The van der Waals surface area contributed by atoms with Crippen LogP contribution in [0.2, 0.25) is 0 Å². The third-order valence-electron chi connectivity index (χ3n) is 3.40. The van der Waals surface area contributed by atoms with Crippen molar-refractivity contribution in [2.24, 2.45) is 0 Å². The molecule has 0 amide bonds. The number of thiophene rings is 1. The molecule has 0 spiro atoms. The molecule has 106 valence electrons. The summed E-state index contributed by atoms with van der Waals surface area (Å²) in [6.07, 6.45) is 2.95. The Hall–Kier alpha value is -0.980. The van der Waals surface area contributed by atoms with Gasteiger partial charge in [-0.25, -0.2) is 9.97 Å². The molecule has 1 aliphatic rings. The van der Waals surface area contributed by atoms with Crippen molar-refractivity contribution < 1.29 is 0 Å². The monoisotopic (exact) mass is 352 g/mol. The lowest BCUT2D eigenvalue weighted by molar-refractivity contribution is 0.331. The first-order chi connectivity index (χ1) is 9.69. The lowest BCUT2D eigenvalue weighted by Gasteiger charge is -2.15. The normalized spacial score (nSPS) is 19.4. The van der Waals surface area contributed by atoms with Gasteiger partial charge in [-0.05, 0) is 41.4 Å². The van der Waals surface area contributed by atoms with E-state index in [9.17, 15) is 0 Å². The number of aryl methyl sites for hydroxylation is 1. The highest BCUT2D eigenvalue weighted by molar-refractivity contribution is 9.10. The van der Waals surface area contributed by atoms with E-state index < -0.39 is 0 Å². The standard InChI is InChI=1S/C14H17BrN4S/c1-10-2-4-16-14(17-10)18-12-3-5-19(7-12)8-13-6-11(15)9-20-13/h2,4,6,9,12H,3,5,7-8H2,1H3,(H,16,17,18). The maximum Gasteiger partial charge on any atom is 0.223 e. The number of halogens is 1. The fourth-order valence-corrected chi connectivity index (χ4v) is 3.94. The van der Waals surface area contributed by atoms with Crippen LogP contribution >= 0.6 is 27.3 Å². The van der Waals surface area contributed by atoms with Crippen LogP contribution in [-0.2, 0) is 6.54 Å². The minimum Gasteiger partial charge on any atom is -0.350 e. The maximum atomic E-state index is 4.40. The zero-order valence-electron chi connectivity index (χ0n) is 11.3. The molecule has 6 heteroatoms. The number of nitrogens with one attached hydrogen (secondary N) is 1.